The Morgan fingerprint density at radius 1 is 1.05 bits per heavy atom. The van der Waals surface area contributed by atoms with E-state index in [4.69, 9.17) is 14.2 Å². The van der Waals surface area contributed by atoms with Crippen LogP contribution in [0, 0.1) is 46.3 Å². The number of carbonyl (C=O) groups is 1. The first-order valence-electron chi connectivity index (χ1n) is 18.3. The number of fused-ring (bicyclic) bond motifs is 5. The molecule has 0 aromatic rings. The lowest BCUT2D eigenvalue weighted by Crippen LogP contribution is -2.51. The molecule has 0 aliphatic heterocycles. The lowest BCUT2D eigenvalue weighted by atomic mass is 9.47. The predicted octanol–water partition coefficient (Wildman–Crippen LogP) is 9.73. The highest BCUT2D eigenvalue weighted by Gasteiger charge is 2.59. The number of amides is 1. The van der Waals surface area contributed by atoms with Crippen LogP contribution >= 0.6 is 0 Å². The summed E-state index contributed by atoms with van der Waals surface area (Å²) in [6.07, 6.45) is 18.2. The fourth-order valence-electron chi connectivity index (χ4n) is 10.2. The van der Waals surface area contributed by atoms with Crippen molar-refractivity contribution in [1.29, 1.82) is 0 Å². The summed E-state index contributed by atoms with van der Waals surface area (Å²) in [5.41, 5.74) is 2.16. The molecule has 9 atom stereocenters. The first-order chi connectivity index (χ1) is 20.5. The van der Waals surface area contributed by atoms with Crippen LogP contribution in [-0.2, 0) is 14.2 Å². The van der Waals surface area contributed by atoms with Crippen LogP contribution in [0.4, 0.5) is 4.79 Å². The van der Waals surface area contributed by atoms with E-state index >= 15 is 0 Å². The molecule has 6 unspecified atom stereocenters. The molecule has 5 nitrogen and oxygen atoms in total. The van der Waals surface area contributed by atoms with Crippen LogP contribution in [0.5, 0.6) is 0 Å². The van der Waals surface area contributed by atoms with E-state index in [0.717, 1.165) is 74.2 Å². The van der Waals surface area contributed by atoms with Gasteiger partial charge in [-0.05, 0) is 118 Å². The zero-order chi connectivity index (χ0) is 31.3. The van der Waals surface area contributed by atoms with Gasteiger partial charge in [0.1, 0.15) is 6.10 Å². The fourth-order valence-corrected chi connectivity index (χ4v) is 10.2. The second kappa shape index (κ2) is 15.0. The molecule has 248 valence electrons. The van der Waals surface area contributed by atoms with Crippen LogP contribution in [0.25, 0.3) is 0 Å². The molecule has 0 radical (unpaired) electrons. The van der Waals surface area contributed by atoms with Crippen molar-refractivity contribution in [3.63, 3.8) is 0 Å². The molecule has 1 N–H and O–H groups in total. The molecule has 0 aromatic heterocycles. The van der Waals surface area contributed by atoms with Crippen LogP contribution in [-0.4, -0.2) is 44.2 Å². The molecule has 0 saturated heterocycles. The van der Waals surface area contributed by atoms with Crippen molar-refractivity contribution >= 4 is 6.09 Å². The maximum atomic E-state index is 12.7. The zero-order valence-electron chi connectivity index (χ0n) is 29.3. The van der Waals surface area contributed by atoms with Crippen molar-refractivity contribution in [2.45, 2.75) is 151 Å². The summed E-state index contributed by atoms with van der Waals surface area (Å²) in [5.74, 6) is 5.10. The Labute approximate surface area is 265 Å². The molecule has 43 heavy (non-hydrogen) atoms. The first-order valence-corrected chi connectivity index (χ1v) is 18.3. The van der Waals surface area contributed by atoms with Crippen molar-refractivity contribution in [3.8, 4) is 0 Å². The molecule has 0 spiro atoms. The Balaban J connectivity index is 1.27. The molecule has 3 fully saturated rings. The largest absolute Gasteiger partial charge is 0.446 e. The monoisotopic (exact) mass is 602 g/mol. The number of ether oxygens (including phenoxy) is 3. The summed E-state index contributed by atoms with van der Waals surface area (Å²) in [4.78, 5) is 12.7. The van der Waals surface area contributed by atoms with Crippen molar-refractivity contribution in [2.75, 3.05) is 26.4 Å². The zero-order valence-corrected chi connectivity index (χ0v) is 29.3. The van der Waals surface area contributed by atoms with Gasteiger partial charge in [0.05, 0.1) is 12.2 Å². The number of hydrogen-bond donors (Lipinski definition) is 1. The highest BCUT2D eigenvalue weighted by Crippen LogP contribution is 2.67. The number of alkyl carbamates (subject to hydrolysis) is 1. The van der Waals surface area contributed by atoms with E-state index in [2.05, 4.69) is 59.9 Å². The van der Waals surface area contributed by atoms with Gasteiger partial charge in [-0.15, -0.1) is 0 Å². The SMILES string of the molecule is CCOCCC(C)(CC)OCCNC(=O)O[C@H]1CC[C@@]2(C)C(=CCC3C4CCC(C(C)CCCC(C)C)[C@@]4(C)CCC32)C1. The molecular weight excluding hydrogens is 534 g/mol. The Hall–Kier alpha value is -1.07. The van der Waals surface area contributed by atoms with E-state index in [0.29, 0.717) is 25.2 Å². The third-order valence-electron chi connectivity index (χ3n) is 13.1. The summed E-state index contributed by atoms with van der Waals surface area (Å²) in [6, 6.07) is 0. The number of carbonyl (C=O) groups excluding carboxylic acids is 1. The van der Waals surface area contributed by atoms with Gasteiger partial charge >= 0.3 is 6.09 Å². The maximum absolute atomic E-state index is 12.7. The third kappa shape index (κ3) is 8.02. The summed E-state index contributed by atoms with van der Waals surface area (Å²) in [5, 5.41) is 2.94. The summed E-state index contributed by atoms with van der Waals surface area (Å²) < 4.78 is 17.6. The molecule has 5 heteroatoms. The van der Waals surface area contributed by atoms with Gasteiger partial charge in [0.25, 0.3) is 0 Å². The van der Waals surface area contributed by atoms with E-state index in [9.17, 15) is 4.79 Å². The molecule has 0 bridgehead atoms. The Bertz CT molecular complexity index is 933. The van der Waals surface area contributed by atoms with Crippen molar-refractivity contribution in [2.24, 2.45) is 46.3 Å². The van der Waals surface area contributed by atoms with E-state index in [1.165, 1.54) is 51.4 Å². The van der Waals surface area contributed by atoms with Gasteiger partial charge in [-0.3, -0.25) is 0 Å². The molecule has 4 aliphatic carbocycles. The van der Waals surface area contributed by atoms with Gasteiger partial charge in [-0.1, -0.05) is 72.5 Å². The first kappa shape index (κ1) is 34.8. The van der Waals surface area contributed by atoms with Crippen LogP contribution in [0.1, 0.15) is 139 Å². The normalized spacial score (nSPS) is 35.7. The highest BCUT2D eigenvalue weighted by atomic mass is 16.6. The van der Waals surface area contributed by atoms with E-state index in [1.54, 1.807) is 5.57 Å². The Morgan fingerprint density at radius 2 is 1.84 bits per heavy atom. The van der Waals surface area contributed by atoms with Crippen molar-refractivity contribution < 1.29 is 19.0 Å². The average Bonchev–Trinajstić information content (AvgIpc) is 3.33. The topological polar surface area (TPSA) is 56.8 Å². The van der Waals surface area contributed by atoms with E-state index in [1.807, 2.05) is 6.92 Å². The van der Waals surface area contributed by atoms with Crippen LogP contribution in [0.2, 0.25) is 0 Å². The van der Waals surface area contributed by atoms with E-state index < -0.39 is 0 Å². The second-order valence-corrected chi connectivity index (χ2v) is 16.1. The quantitative estimate of drug-likeness (QED) is 0.150. The Morgan fingerprint density at radius 3 is 2.56 bits per heavy atom. The van der Waals surface area contributed by atoms with Gasteiger partial charge in [-0.2, -0.15) is 0 Å². The molecule has 4 rings (SSSR count). The lowest BCUT2D eigenvalue weighted by molar-refractivity contribution is -0.0592. The fraction of sp³-hybridized carbons (Fsp3) is 0.921. The number of hydrogen-bond acceptors (Lipinski definition) is 4. The number of rotatable bonds is 15. The van der Waals surface area contributed by atoms with Gasteiger partial charge in [0.15, 0.2) is 0 Å². The molecular formula is C38H67NO4. The minimum atomic E-state index is -0.299. The third-order valence-corrected chi connectivity index (χ3v) is 13.1. The minimum Gasteiger partial charge on any atom is -0.446 e. The molecule has 3 saturated carbocycles. The smallest absolute Gasteiger partial charge is 0.407 e. The lowest BCUT2D eigenvalue weighted by Gasteiger charge is -2.58. The second-order valence-electron chi connectivity index (χ2n) is 16.1. The summed E-state index contributed by atoms with van der Waals surface area (Å²) >= 11 is 0. The van der Waals surface area contributed by atoms with Gasteiger partial charge in [-0.25, -0.2) is 4.79 Å². The van der Waals surface area contributed by atoms with Crippen LogP contribution < -0.4 is 5.32 Å². The summed E-state index contributed by atoms with van der Waals surface area (Å²) in [7, 11) is 0. The van der Waals surface area contributed by atoms with Crippen LogP contribution in [0.3, 0.4) is 0 Å². The van der Waals surface area contributed by atoms with Crippen LogP contribution in [0.15, 0.2) is 11.6 Å². The number of nitrogens with one attached hydrogen (secondary N) is 1. The van der Waals surface area contributed by atoms with Gasteiger partial charge in [0, 0.05) is 26.2 Å². The highest BCUT2D eigenvalue weighted by molar-refractivity contribution is 5.67. The Kier molecular flexibility index (Phi) is 12.1. The average molecular weight is 602 g/mol. The van der Waals surface area contributed by atoms with Gasteiger partial charge < -0.3 is 19.5 Å². The molecule has 0 aromatic carbocycles. The van der Waals surface area contributed by atoms with Crippen molar-refractivity contribution in [1.82, 2.24) is 5.32 Å². The van der Waals surface area contributed by atoms with Crippen molar-refractivity contribution in [3.05, 3.63) is 11.6 Å². The molecule has 0 heterocycles. The molecule has 1 amide bonds. The predicted molar refractivity (Wildman–Crippen MR) is 177 cm³/mol. The maximum Gasteiger partial charge on any atom is 0.407 e. The number of allylic oxidation sites excluding steroid dienone is 1. The standard InChI is InChI=1S/C38H67NO4/c1-9-36(6,22-24-41-10-2)42-25-23-39-35(40)43-30-18-20-37(7)29(26-30)14-15-31-33-17-16-32(28(5)13-11-12-27(3)4)38(33,8)21-19-34(31)37/h14,27-28,30-34H,9-13,15-26H2,1-8H3,(H,39,40)/t28?,30-,31?,32?,33?,34?,36?,37-,38+/m0/s1. The van der Waals surface area contributed by atoms with Gasteiger partial charge in [0.2, 0.25) is 0 Å². The molecule has 4 aliphatic rings. The summed E-state index contributed by atoms with van der Waals surface area (Å²) in [6.45, 7) is 21.2. The minimum absolute atomic E-state index is 0.0136. The van der Waals surface area contributed by atoms with E-state index in [-0.39, 0.29) is 23.2 Å².